The molecule has 7 nitrogen and oxygen atoms in total. The summed E-state index contributed by atoms with van der Waals surface area (Å²) in [6.45, 7) is 4.45. The summed E-state index contributed by atoms with van der Waals surface area (Å²) in [5.74, 6) is -0.523. The van der Waals surface area contributed by atoms with Gasteiger partial charge in [-0.15, -0.1) is 0 Å². The summed E-state index contributed by atoms with van der Waals surface area (Å²) in [5, 5.41) is 0.914. The number of piperazine rings is 1. The van der Waals surface area contributed by atoms with Crippen LogP contribution in [0.2, 0.25) is 5.02 Å². The number of rotatable bonds is 6. The van der Waals surface area contributed by atoms with Crippen molar-refractivity contribution in [1.82, 2.24) is 14.8 Å². The van der Waals surface area contributed by atoms with Gasteiger partial charge < -0.3 is 4.90 Å². The normalized spacial score (nSPS) is 17.0. The number of nitrogens with one attached hydrogen (secondary N) is 1. The largest absolute Gasteiger partial charge is 0.333 e. The van der Waals surface area contributed by atoms with Crippen molar-refractivity contribution in [2.45, 2.75) is 24.4 Å². The quantitative estimate of drug-likeness (QED) is 0.252. The maximum absolute atomic E-state index is 13.8. The zero-order valence-corrected chi connectivity index (χ0v) is 22.3. The Kier molecular flexibility index (Phi) is 7.56. The van der Waals surface area contributed by atoms with Gasteiger partial charge in [-0.2, -0.15) is 0 Å². The van der Waals surface area contributed by atoms with E-state index in [4.69, 9.17) is 11.6 Å². The molecule has 38 heavy (non-hydrogen) atoms. The van der Waals surface area contributed by atoms with Crippen LogP contribution in [0.5, 0.6) is 0 Å². The minimum absolute atomic E-state index is 0.0305. The fourth-order valence-electron chi connectivity index (χ4n) is 4.75. The van der Waals surface area contributed by atoms with Crippen LogP contribution in [0, 0.1) is 5.82 Å². The van der Waals surface area contributed by atoms with Crippen molar-refractivity contribution >= 4 is 44.9 Å². The van der Waals surface area contributed by atoms with Crippen LogP contribution in [-0.2, 0) is 6.54 Å². The Labute approximate surface area is 227 Å². The summed E-state index contributed by atoms with van der Waals surface area (Å²) >= 11 is 5.79. The second-order valence-corrected chi connectivity index (χ2v) is 11.5. The fraction of sp³-hybridized carbons (Fsp3) is 0.214. The number of carbonyl (C=O) groups excluding carboxylic acids is 1. The molecule has 1 saturated heterocycles. The first kappa shape index (κ1) is 26.4. The molecule has 0 bridgehead atoms. The molecule has 1 fully saturated rings. The van der Waals surface area contributed by atoms with E-state index < -0.39 is 16.6 Å². The van der Waals surface area contributed by atoms with Gasteiger partial charge in [-0.1, -0.05) is 46.6 Å². The molecule has 5 rings (SSSR count). The number of halogens is 2. The number of nitrogens with zero attached hydrogens (tertiary/aromatic N) is 3. The number of amides is 1. The van der Waals surface area contributed by atoms with Crippen LogP contribution in [0.15, 0.2) is 83.9 Å². The van der Waals surface area contributed by atoms with Gasteiger partial charge in [-0.25, -0.2) is 4.39 Å². The summed E-state index contributed by atoms with van der Waals surface area (Å²) in [5.41, 5.74) is 2.34. The highest BCUT2D eigenvalue weighted by Crippen LogP contribution is 2.50. The van der Waals surface area contributed by atoms with Gasteiger partial charge >= 0.3 is 0 Å². The fourth-order valence-corrected chi connectivity index (χ4v) is 6.15. The summed E-state index contributed by atoms with van der Waals surface area (Å²) in [4.78, 5) is 21.9. The number of hydrogen-bond donors (Lipinski definition) is 3. The molecule has 0 saturated carbocycles. The van der Waals surface area contributed by atoms with Gasteiger partial charge in [0.2, 0.25) is 0 Å². The van der Waals surface area contributed by atoms with Crippen LogP contribution < -0.4 is 4.72 Å². The van der Waals surface area contributed by atoms with Crippen LogP contribution in [0.25, 0.3) is 10.9 Å². The van der Waals surface area contributed by atoms with Crippen LogP contribution in [-0.4, -0.2) is 55.5 Å². The average molecular weight is 555 g/mol. The maximum atomic E-state index is 13.8. The third kappa shape index (κ3) is 5.62. The molecule has 10 heteroatoms. The van der Waals surface area contributed by atoms with Gasteiger partial charge in [-0.3, -0.25) is 28.5 Å². The summed E-state index contributed by atoms with van der Waals surface area (Å²) in [6, 6.07) is 20.4. The predicted octanol–water partition coefficient (Wildman–Crippen LogP) is 6.51. The highest BCUT2D eigenvalue weighted by molar-refractivity contribution is 8.25. The lowest BCUT2D eigenvalue weighted by Gasteiger charge is -2.40. The zero-order chi connectivity index (χ0) is 26.9. The molecule has 3 N–H and O–H groups in total. The van der Waals surface area contributed by atoms with Crippen molar-refractivity contribution in [1.29, 1.82) is 0 Å². The third-order valence-electron chi connectivity index (χ3n) is 6.66. The van der Waals surface area contributed by atoms with Gasteiger partial charge in [0.25, 0.3) is 5.91 Å². The molecule has 0 unspecified atom stereocenters. The molecule has 1 aromatic heterocycles. The van der Waals surface area contributed by atoms with Gasteiger partial charge in [0.1, 0.15) is 10.7 Å². The first-order valence-electron chi connectivity index (χ1n) is 12.2. The van der Waals surface area contributed by atoms with E-state index in [1.54, 1.807) is 54.7 Å². The molecule has 0 spiro atoms. The monoisotopic (exact) mass is 554 g/mol. The second kappa shape index (κ2) is 10.9. The lowest BCUT2D eigenvalue weighted by Crippen LogP contribution is -2.53. The van der Waals surface area contributed by atoms with Crippen molar-refractivity contribution in [3.63, 3.8) is 0 Å². The Bertz CT molecular complexity index is 1470. The van der Waals surface area contributed by atoms with E-state index in [2.05, 4.69) is 14.6 Å². The molecule has 198 valence electrons. The highest BCUT2D eigenvalue weighted by Gasteiger charge is 2.28. The number of aromatic nitrogens is 1. The molecule has 1 amide bonds. The molecule has 2 heterocycles. The van der Waals surface area contributed by atoms with Crippen molar-refractivity contribution in [3.05, 3.63) is 101 Å². The number of hydrogen-bond acceptors (Lipinski definition) is 6. The van der Waals surface area contributed by atoms with Crippen LogP contribution >= 0.6 is 22.4 Å². The smallest absolute Gasteiger partial charge is 0.254 e. The van der Waals surface area contributed by atoms with Crippen LogP contribution in [0.4, 0.5) is 10.1 Å². The Hall–Kier alpha value is -3.21. The molecule has 1 aliphatic heterocycles. The molecule has 4 aromatic rings. The Balaban J connectivity index is 1.23. The molecule has 0 radical (unpaired) electrons. The minimum atomic E-state index is -3.38. The number of fused-ring (bicyclic) bond motifs is 1. The van der Waals surface area contributed by atoms with Crippen molar-refractivity contribution in [3.8, 4) is 0 Å². The lowest BCUT2D eigenvalue weighted by molar-refractivity contribution is 0.0475. The topological polar surface area (TPSA) is 88.9 Å². The van der Waals surface area contributed by atoms with E-state index >= 15 is 0 Å². The van der Waals surface area contributed by atoms with Gasteiger partial charge in [0.05, 0.1) is 16.2 Å². The number of pyridine rings is 1. The third-order valence-corrected chi connectivity index (χ3v) is 8.43. The summed E-state index contributed by atoms with van der Waals surface area (Å²) in [6.07, 6.45) is 1.61. The van der Waals surface area contributed by atoms with E-state index in [-0.39, 0.29) is 17.0 Å². The van der Waals surface area contributed by atoms with Crippen molar-refractivity contribution in [2.75, 3.05) is 24.4 Å². The van der Waals surface area contributed by atoms with E-state index in [0.717, 1.165) is 10.9 Å². The number of anilines is 1. The van der Waals surface area contributed by atoms with Crippen LogP contribution in [0.1, 0.15) is 22.8 Å². The number of para-hydroxylation sites is 1. The maximum Gasteiger partial charge on any atom is 0.254 e. The van der Waals surface area contributed by atoms with E-state index in [0.29, 0.717) is 47.8 Å². The molecular weight excluding hydrogens is 527 g/mol. The molecule has 1 aliphatic rings. The van der Waals surface area contributed by atoms with Crippen LogP contribution in [0.3, 0.4) is 0 Å². The van der Waals surface area contributed by atoms with Crippen molar-refractivity contribution < 1.29 is 18.3 Å². The average Bonchev–Trinajstić information content (AvgIpc) is 2.90. The highest BCUT2D eigenvalue weighted by atomic mass is 35.5. The summed E-state index contributed by atoms with van der Waals surface area (Å²) < 4.78 is 38.4. The molecule has 0 aliphatic carbocycles. The lowest BCUT2D eigenvalue weighted by atomic mass is 10.1. The van der Waals surface area contributed by atoms with E-state index in [9.17, 15) is 18.3 Å². The standard InChI is InChI=1S/C28H28ClFN4O3S/c1-19-17-33(18-20-7-12-24(29)25(30)16-20)14-15-34(19)28(35)22-8-10-23(11-9-22)32-38(36,37)26-6-2-4-21-5-3-13-31-27(21)26/h2-13,16,19,32,36-37H,14-15,17-18H2,1H3/t19-/m1/s1. The number of benzene rings is 3. The Morgan fingerprint density at radius 1 is 1.11 bits per heavy atom. The second-order valence-electron chi connectivity index (χ2n) is 9.39. The minimum Gasteiger partial charge on any atom is -0.333 e. The molecular formula is C28H28ClFN4O3S. The van der Waals surface area contributed by atoms with Gasteiger partial charge in [0, 0.05) is 49.4 Å². The molecule has 1 atom stereocenters. The summed E-state index contributed by atoms with van der Waals surface area (Å²) in [7, 11) is -3.38. The first-order chi connectivity index (χ1) is 18.2. The van der Waals surface area contributed by atoms with Gasteiger partial charge in [0.15, 0.2) is 0 Å². The zero-order valence-electron chi connectivity index (χ0n) is 20.7. The Morgan fingerprint density at radius 2 is 1.87 bits per heavy atom. The number of carbonyl (C=O) groups is 1. The first-order valence-corrected chi connectivity index (χ1v) is 14.1. The van der Waals surface area contributed by atoms with Crippen molar-refractivity contribution in [2.24, 2.45) is 0 Å². The van der Waals surface area contributed by atoms with Gasteiger partial charge in [-0.05, 0) is 61.0 Å². The van der Waals surface area contributed by atoms with E-state index in [1.165, 1.54) is 6.07 Å². The van der Waals surface area contributed by atoms with E-state index in [1.807, 2.05) is 30.0 Å². The SMILES string of the molecule is C[C@@H]1CN(Cc2ccc(Cl)c(F)c2)CCN1C(=O)c1ccc(NS(O)(O)c2cccc3cccnc23)cc1. The Morgan fingerprint density at radius 3 is 2.61 bits per heavy atom. The molecule has 3 aromatic carbocycles. The predicted molar refractivity (Wildman–Crippen MR) is 150 cm³/mol.